The topological polar surface area (TPSA) is 58.6 Å². The molecule has 2 aliphatic rings. The molecule has 3 rings (SSSR count). The van der Waals surface area contributed by atoms with E-state index < -0.39 is 0 Å². The van der Waals surface area contributed by atoms with E-state index in [1.54, 1.807) is 6.20 Å². The molecule has 0 unspecified atom stereocenters. The zero-order chi connectivity index (χ0) is 15.2. The maximum atomic E-state index is 12.4. The smallest absolute Gasteiger partial charge is 0.222 e. The second-order valence-electron chi connectivity index (χ2n) is 5.98. The molecule has 0 radical (unpaired) electrons. The lowest BCUT2D eigenvalue weighted by Gasteiger charge is -2.22. The predicted octanol–water partition coefficient (Wildman–Crippen LogP) is 1.47. The van der Waals surface area contributed by atoms with Gasteiger partial charge in [0.05, 0.1) is 6.10 Å². The molecular formula is C16H24N4O2. The van der Waals surface area contributed by atoms with Crippen LogP contribution in [-0.4, -0.2) is 59.9 Å². The van der Waals surface area contributed by atoms with Crippen LogP contribution in [0.5, 0.6) is 0 Å². The van der Waals surface area contributed by atoms with E-state index in [-0.39, 0.29) is 5.91 Å². The monoisotopic (exact) mass is 304 g/mol. The Bertz CT molecular complexity index is 476. The molecule has 1 atom stereocenters. The summed E-state index contributed by atoms with van der Waals surface area (Å²) in [6, 6.07) is 3.87. The molecule has 2 saturated heterocycles. The summed E-state index contributed by atoms with van der Waals surface area (Å²) in [6.07, 6.45) is 6.67. The van der Waals surface area contributed by atoms with Crippen LogP contribution in [0.3, 0.4) is 0 Å². The first-order valence-electron chi connectivity index (χ1n) is 8.25. The molecule has 6 nitrogen and oxygen atoms in total. The van der Waals surface area contributed by atoms with Gasteiger partial charge in [-0.05, 0) is 37.8 Å². The lowest BCUT2D eigenvalue weighted by molar-refractivity contribution is -0.131. The molecular weight excluding hydrogens is 280 g/mol. The van der Waals surface area contributed by atoms with Crippen molar-refractivity contribution >= 4 is 11.7 Å². The molecule has 0 saturated carbocycles. The molecule has 6 heteroatoms. The van der Waals surface area contributed by atoms with Crippen LogP contribution in [-0.2, 0) is 9.53 Å². The Kier molecular flexibility index (Phi) is 5.21. The highest BCUT2D eigenvalue weighted by molar-refractivity contribution is 5.76. The second kappa shape index (κ2) is 7.54. The summed E-state index contributed by atoms with van der Waals surface area (Å²) in [5.41, 5.74) is 0. The molecule has 0 spiro atoms. The zero-order valence-corrected chi connectivity index (χ0v) is 13.0. The maximum absolute atomic E-state index is 12.4. The molecule has 0 N–H and O–H groups in total. The van der Waals surface area contributed by atoms with E-state index in [9.17, 15) is 4.79 Å². The van der Waals surface area contributed by atoms with Crippen molar-refractivity contribution in [2.75, 3.05) is 37.7 Å². The Morgan fingerprint density at radius 3 is 3.00 bits per heavy atom. The van der Waals surface area contributed by atoms with Crippen LogP contribution in [0, 0.1) is 0 Å². The predicted molar refractivity (Wildman–Crippen MR) is 83.7 cm³/mol. The number of hydrogen-bond donors (Lipinski definition) is 0. The first-order chi connectivity index (χ1) is 10.8. The van der Waals surface area contributed by atoms with Crippen LogP contribution in [0.25, 0.3) is 0 Å². The Hall–Kier alpha value is -1.69. The largest absolute Gasteiger partial charge is 0.378 e. The van der Waals surface area contributed by atoms with E-state index in [1.165, 1.54) is 0 Å². The van der Waals surface area contributed by atoms with Gasteiger partial charge in [-0.2, -0.15) is 5.10 Å². The molecule has 2 aliphatic heterocycles. The number of carbonyl (C=O) groups excluding carboxylic acids is 1. The number of ether oxygens (including phenoxy) is 1. The number of aromatic nitrogens is 2. The van der Waals surface area contributed by atoms with Crippen LogP contribution in [0.15, 0.2) is 18.3 Å². The number of nitrogens with zero attached hydrogens (tertiary/aromatic N) is 4. The maximum Gasteiger partial charge on any atom is 0.222 e. The molecule has 3 heterocycles. The number of anilines is 1. The van der Waals surface area contributed by atoms with E-state index in [2.05, 4.69) is 15.1 Å². The first-order valence-corrected chi connectivity index (χ1v) is 8.25. The summed E-state index contributed by atoms with van der Waals surface area (Å²) in [5.74, 6) is 1.16. The highest BCUT2D eigenvalue weighted by Gasteiger charge is 2.22. The second-order valence-corrected chi connectivity index (χ2v) is 5.98. The molecule has 0 aromatic carbocycles. The summed E-state index contributed by atoms with van der Waals surface area (Å²) >= 11 is 0. The summed E-state index contributed by atoms with van der Waals surface area (Å²) in [4.78, 5) is 16.6. The molecule has 0 bridgehead atoms. The van der Waals surface area contributed by atoms with E-state index in [1.807, 2.05) is 17.0 Å². The van der Waals surface area contributed by atoms with Gasteiger partial charge < -0.3 is 14.5 Å². The van der Waals surface area contributed by atoms with E-state index in [4.69, 9.17) is 4.74 Å². The fraction of sp³-hybridized carbons (Fsp3) is 0.688. The van der Waals surface area contributed by atoms with Gasteiger partial charge in [-0.3, -0.25) is 4.79 Å². The van der Waals surface area contributed by atoms with E-state index in [0.717, 1.165) is 64.3 Å². The van der Waals surface area contributed by atoms with Gasteiger partial charge in [0.15, 0.2) is 5.82 Å². The van der Waals surface area contributed by atoms with Crippen molar-refractivity contribution in [1.82, 2.24) is 15.1 Å². The Morgan fingerprint density at radius 1 is 1.27 bits per heavy atom. The first kappa shape index (κ1) is 15.2. The van der Waals surface area contributed by atoms with Gasteiger partial charge in [0.25, 0.3) is 0 Å². The van der Waals surface area contributed by atoms with Crippen LogP contribution >= 0.6 is 0 Å². The molecule has 1 aromatic heterocycles. The van der Waals surface area contributed by atoms with Gasteiger partial charge in [-0.25, -0.2) is 0 Å². The van der Waals surface area contributed by atoms with E-state index >= 15 is 0 Å². The highest BCUT2D eigenvalue weighted by atomic mass is 16.5. The zero-order valence-electron chi connectivity index (χ0n) is 13.0. The van der Waals surface area contributed by atoms with Gasteiger partial charge in [-0.15, -0.1) is 5.10 Å². The fourth-order valence-electron chi connectivity index (χ4n) is 3.17. The summed E-state index contributed by atoms with van der Waals surface area (Å²) in [5, 5.41) is 8.09. The van der Waals surface area contributed by atoms with Gasteiger partial charge in [0.2, 0.25) is 5.91 Å². The van der Waals surface area contributed by atoms with Crippen LogP contribution in [0.4, 0.5) is 5.82 Å². The minimum absolute atomic E-state index is 0.261. The highest BCUT2D eigenvalue weighted by Crippen LogP contribution is 2.18. The molecule has 1 aromatic rings. The Labute approximate surface area is 131 Å². The Balaban J connectivity index is 1.48. The molecule has 22 heavy (non-hydrogen) atoms. The van der Waals surface area contributed by atoms with Crippen molar-refractivity contribution in [2.45, 2.75) is 38.2 Å². The minimum atomic E-state index is 0.261. The molecule has 0 aliphatic carbocycles. The van der Waals surface area contributed by atoms with Crippen molar-refractivity contribution in [3.8, 4) is 0 Å². The average Bonchev–Trinajstić information content (AvgIpc) is 2.96. The van der Waals surface area contributed by atoms with Gasteiger partial charge in [0.1, 0.15) is 0 Å². The van der Waals surface area contributed by atoms with Crippen molar-refractivity contribution in [2.24, 2.45) is 0 Å². The third-order valence-electron chi connectivity index (χ3n) is 4.43. The van der Waals surface area contributed by atoms with Crippen molar-refractivity contribution in [1.29, 1.82) is 0 Å². The van der Waals surface area contributed by atoms with Crippen LogP contribution < -0.4 is 4.90 Å². The minimum Gasteiger partial charge on any atom is -0.378 e. The van der Waals surface area contributed by atoms with Crippen LogP contribution in [0.2, 0.25) is 0 Å². The Morgan fingerprint density at radius 2 is 2.23 bits per heavy atom. The molecule has 1 amide bonds. The number of hydrogen-bond acceptors (Lipinski definition) is 5. The normalized spacial score (nSPS) is 22.6. The quantitative estimate of drug-likeness (QED) is 0.843. The van der Waals surface area contributed by atoms with Gasteiger partial charge in [-0.1, -0.05) is 0 Å². The average molecular weight is 304 g/mol. The fourth-order valence-corrected chi connectivity index (χ4v) is 3.17. The van der Waals surface area contributed by atoms with Crippen molar-refractivity contribution < 1.29 is 9.53 Å². The van der Waals surface area contributed by atoms with Gasteiger partial charge in [0, 0.05) is 45.4 Å². The summed E-state index contributed by atoms with van der Waals surface area (Å²) < 4.78 is 5.60. The molecule has 120 valence electrons. The summed E-state index contributed by atoms with van der Waals surface area (Å²) in [7, 11) is 0. The van der Waals surface area contributed by atoms with Crippen LogP contribution in [0.1, 0.15) is 32.1 Å². The molecule has 2 fully saturated rings. The lowest BCUT2D eigenvalue weighted by Crippen LogP contribution is -2.35. The van der Waals surface area contributed by atoms with E-state index in [0.29, 0.717) is 12.5 Å². The number of carbonyl (C=O) groups is 1. The lowest BCUT2D eigenvalue weighted by atomic mass is 10.1. The summed E-state index contributed by atoms with van der Waals surface area (Å²) in [6.45, 7) is 4.20. The third-order valence-corrected chi connectivity index (χ3v) is 4.43. The number of amides is 1. The van der Waals surface area contributed by atoms with Gasteiger partial charge >= 0.3 is 0 Å². The SMILES string of the molecule is O=C(CC[C@H]1CCCO1)N1CCCN(c2cccnn2)CC1. The van der Waals surface area contributed by atoms with Crippen molar-refractivity contribution in [3.63, 3.8) is 0 Å². The standard InChI is InChI=1S/C16H24N4O2/c21-16(7-6-14-4-2-13-22-14)20-10-3-9-19(11-12-20)15-5-1-8-17-18-15/h1,5,8,14H,2-4,6-7,9-13H2/t14-/m1/s1. The van der Waals surface area contributed by atoms with Crippen molar-refractivity contribution in [3.05, 3.63) is 18.3 Å². The third kappa shape index (κ3) is 3.94. The number of rotatable bonds is 4.